The lowest BCUT2D eigenvalue weighted by molar-refractivity contribution is 0.0118. The van der Waals surface area contributed by atoms with E-state index < -0.39 is 24.9 Å². The average molecular weight is 404 g/mol. The summed E-state index contributed by atoms with van der Waals surface area (Å²) in [7, 11) is 0. The normalized spacial score (nSPS) is 11.2. The number of carbonyl (C=O) groups excluding carboxylic acids is 1. The molecule has 1 aromatic carbocycles. The van der Waals surface area contributed by atoms with E-state index in [2.05, 4.69) is 15.6 Å². The van der Waals surface area contributed by atoms with Crippen molar-refractivity contribution in [3.8, 4) is 11.4 Å². The molecule has 0 spiro atoms. The fourth-order valence-electron chi connectivity index (χ4n) is 2.31. The minimum absolute atomic E-state index is 0. The van der Waals surface area contributed by atoms with Crippen molar-refractivity contribution in [2.24, 2.45) is 5.73 Å². The Labute approximate surface area is 162 Å². The number of benzene rings is 1. The molecule has 0 atom stereocenters. The molecule has 1 aromatic heterocycles. The van der Waals surface area contributed by atoms with Gasteiger partial charge in [-0.25, -0.2) is 13.5 Å². The molecule has 0 aliphatic rings. The molecule has 0 saturated heterocycles. The molecule has 1 amide bonds. The third kappa shape index (κ3) is 5.86. The zero-order chi connectivity index (χ0) is 19.3. The number of rotatable bonds is 8. The molecular weight excluding hydrogens is 380 g/mol. The second kappa shape index (κ2) is 9.61. The van der Waals surface area contributed by atoms with Crippen molar-refractivity contribution in [3.05, 3.63) is 35.7 Å². The molecule has 0 saturated carbocycles. The first-order chi connectivity index (χ1) is 12.3. The Morgan fingerprint density at radius 3 is 2.48 bits per heavy atom. The van der Waals surface area contributed by atoms with E-state index in [1.165, 1.54) is 4.68 Å². The van der Waals surface area contributed by atoms with Crippen LogP contribution in [0, 0.1) is 0 Å². The molecule has 27 heavy (non-hydrogen) atoms. The number of halogens is 3. The topological polar surface area (TPSA) is 95.1 Å². The molecule has 2 rings (SSSR count). The van der Waals surface area contributed by atoms with Crippen LogP contribution in [0.15, 0.2) is 24.3 Å². The van der Waals surface area contributed by atoms with Gasteiger partial charge < -0.3 is 15.8 Å². The number of carbonyl (C=O) groups is 1. The number of hydrogen-bond donors (Lipinski definition) is 2. The van der Waals surface area contributed by atoms with Gasteiger partial charge in [-0.05, 0) is 44.5 Å². The maximum Gasteiger partial charge on any atom is 0.277 e. The lowest BCUT2D eigenvalue weighted by Gasteiger charge is -2.14. The van der Waals surface area contributed by atoms with Crippen LogP contribution in [0.25, 0.3) is 5.69 Å². The van der Waals surface area contributed by atoms with Gasteiger partial charge in [-0.15, -0.1) is 17.5 Å². The van der Waals surface area contributed by atoms with E-state index in [0.717, 1.165) is 0 Å². The van der Waals surface area contributed by atoms with Crippen LogP contribution >= 0.6 is 12.4 Å². The Bertz CT molecular complexity index is 750. The second-order valence-electron chi connectivity index (χ2n) is 6.05. The van der Waals surface area contributed by atoms with Crippen molar-refractivity contribution >= 4 is 18.3 Å². The fraction of sp³-hybridized carbons (Fsp3) is 0.471. The van der Waals surface area contributed by atoms with Crippen LogP contribution in [-0.4, -0.2) is 46.0 Å². The van der Waals surface area contributed by atoms with E-state index in [9.17, 15) is 13.6 Å². The summed E-state index contributed by atoms with van der Waals surface area (Å²) in [5, 5.41) is 10.00. The third-order valence-corrected chi connectivity index (χ3v) is 3.57. The van der Waals surface area contributed by atoms with Crippen LogP contribution in [0.2, 0.25) is 0 Å². The quantitative estimate of drug-likeness (QED) is 0.705. The molecule has 1 heterocycles. The van der Waals surface area contributed by atoms with Crippen molar-refractivity contribution in [2.75, 3.05) is 13.1 Å². The van der Waals surface area contributed by atoms with Crippen LogP contribution in [0.3, 0.4) is 0 Å². The SMILES string of the molecule is CCc1c(C(=O)NCC(F)(F)CN)nnn1-c1ccc(OC(C)C)cc1.Cl. The molecule has 0 aliphatic heterocycles. The van der Waals surface area contributed by atoms with Gasteiger partial charge in [0, 0.05) is 0 Å². The number of hydrogen-bond acceptors (Lipinski definition) is 5. The van der Waals surface area contributed by atoms with E-state index in [4.69, 9.17) is 10.5 Å². The standard InChI is InChI=1S/C17H23F2N5O2.ClH/c1-4-14-15(16(25)21-10-17(18,19)9-20)22-23-24(14)12-5-7-13(8-6-12)26-11(2)3;/h5-8,11H,4,9-10,20H2,1-3H3,(H,21,25);1H. The van der Waals surface area contributed by atoms with E-state index in [0.29, 0.717) is 23.6 Å². The third-order valence-electron chi connectivity index (χ3n) is 3.57. The highest BCUT2D eigenvalue weighted by Gasteiger charge is 2.29. The molecule has 0 bridgehead atoms. The Kier molecular flexibility index (Phi) is 8.11. The molecular formula is C17H24ClF2N5O2. The molecule has 3 N–H and O–H groups in total. The van der Waals surface area contributed by atoms with Crippen LogP contribution in [0.5, 0.6) is 5.75 Å². The molecule has 2 aromatic rings. The Balaban J connectivity index is 0.00000364. The van der Waals surface area contributed by atoms with Crippen molar-refractivity contribution < 1.29 is 18.3 Å². The highest BCUT2D eigenvalue weighted by atomic mass is 35.5. The zero-order valence-corrected chi connectivity index (χ0v) is 16.2. The first-order valence-corrected chi connectivity index (χ1v) is 8.35. The minimum atomic E-state index is -3.16. The summed E-state index contributed by atoms with van der Waals surface area (Å²) < 4.78 is 33.5. The summed E-state index contributed by atoms with van der Waals surface area (Å²) in [6.45, 7) is 4.00. The molecule has 0 radical (unpaired) electrons. The number of nitrogens with one attached hydrogen (secondary N) is 1. The van der Waals surface area contributed by atoms with Gasteiger partial charge in [0.25, 0.3) is 11.8 Å². The fourth-order valence-corrected chi connectivity index (χ4v) is 2.31. The zero-order valence-electron chi connectivity index (χ0n) is 15.4. The maximum absolute atomic E-state index is 13.2. The summed E-state index contributed by atoms with van der Waals surface area (Å²) in [5.41, 5.74) is 6.20. The first-order valence-electron chi connectivity index (χ1n) is 8.35. The van der Waals surface area contributed by atoms with Gasteiger partial charge in [-0.1, -0.05) is 12.1 Å². The highest BCUT2D eigenvalue weighted by molar-refractivity contribution is 5.93. The van der Waals surface area contributed by atoms with Gasteiger partial charge in [0.15, 0.2) is 5.69 Å². The van der Waals surface area contributed by atoms with Gasteiger partial charge in [0.1, 0.15) is 5.75 Å². The van der Waals surface area contributed by atoms with Gasteiger partial charge in [0.05, 0.1) is 30.6 Å². The van der Waals surface area contributed by atoms with Crippen molar-refractivity contribution in [1.29, 1.82) is 0 Å². The van der Waals surface area contributed by atoms with Gasteiger partial charge in [-0.3, -0.25) is 4.79 Å². The minimum Gasteiger partial charge on any atom is -0.491 e. The molecule has 0 unspecified atom stereocenters. The van der Waals surface area contributed by atoms with Gasteiger partial charge in [0.2, 0.25) is 0 Å². The van der Waals surface area contributed by atoms with Crippen molar-refractivity contribution in [3.63, 3.8) is 0 Å². The predicted molar refractivity (Wildman–Crippen MR) is 100 cm³/mol. The molecule has 0 fully saturated rings. The summed E-state index contributed by atoms with van der Waals surface area (Å²) in [6, 6.07) is 7.15. The first kappa shape index (κ1) is 22.8. The number of amides is 1. The molecule has 150 valence electrons. The molecule has 0 aliphatic carbocycles. The van der Waals surface area contributed by atoms with Gasteiger partial charge >= 0.3 is 0 Å². The summed E-state index contributed by atoms with van der Waals surface area (Å²) in [5.74, 6) is -3.16. The molecule has 7 nitrogen and oxygen atoms in total. The largest absolute Gasteiger partial charge is 0.491 e. The Hall–Kier alpha value is -2.26. The monoisotopic (exact) mass is 403 g/mol. The number of ether oxygens (including phenoxy) is 1. The summed E-state index contributed by atoms with van der Waals surface area (Å²) >= 11 is 0. The smallest absolute Gasteiger partial charge is 0.277 e. The van der Waals surface area contributed by atoms with Gasteiger partial charge in [-0.2, -0.15) is 0 Å². The second-order valence-corrected chi connectivity index (χ2v) is 6.05. The van der Waals surface area contributed by atoms with Crippen LogP contribution < -0.4 is 15.8 Å². The van der Waals surface area contributed by atoms with Crippen LogP contribution in [-0.2, 0) is 6.42 Å². The lowest BCUT2D eigenvalue weighted by atomic mass is 10.2. The Morgan fingerprint density at radius 2 is 1.96 bits per heavy atom. The summed E-state index contributed by atoms with van der Waals surface area (Å²) in [6.07, 6.45) is 0.508. The van der Waals surface area contributed by atoms with E-state index >= 15 is 0 Å². The lowest BCUT2D eigenvalue weighted by Crippen LogP contribution is -2.41. The maximum atomic E-state index is 13.2. The number of nitrogens with zero attached hydrogens (tertiary/aromatic N) is 3. The van der Waals surface area contributed by atoms with E-state index in [1.54, 1.807) is 24.3 Å². The van der Waals surface area contributed by atoms with Crippen molar-refractivity contribution in [2.45, 2.75) is 39.2 Å². The van der Waals surface area contributed by atoms with Crippen molar-refractivity contribution in [1.82, 2.24) is 20.3 Å². The van der Waals surface area contributed by atoms with Crippen LogP contribution in [0.1, 0.15) is 37.0 Å². The number of aromatic nitrogens is 3. The average Bonchev–Trinajstić information content (AvgIpc) is 3.04. The molecule has 10 heteroatoms. The Morgan fingerprint density at radius 1 is 1.33 bits per heavy atom. The van der Waals surface area contributed by atoms with E-state index in [-0.39, 0.29) is 24.2 Å². The van der Waals surface area contributed by atoms with E-state index in [1.807, 2.05) is 20.8 Å². The highest BCUT2D eigenvalue weighted by Crippen LogP contribution is 2.19. The number of nitrogens with two attached hydrogens (primary N) is 1. The predicted octanol–water partition coefficient (Wildman–Crippen LogP) is 2.36. The number of alkyl halides is 2. The van der Waals surface area contributed by atoms with Crippen LogP contribution in [0.4, 0.5) is 8.78 Å². The summed E-state index contributed by atoms with van der Waals surface area (Å²) in [4.78, 5) is 12.2.